The van der Waals surface area contributed by atoms with Gasteiger partial charge in [-0.05, 0) is 103 Å². The van der Waals surface area contributed by atoms with Crippen LogP contribution in [0, 0.1) is 27.7 Å². The lowest BCUT2D eigenvalue weighted by Crippen LogP contribution is -2.23. The molecule has 39 heavy (non-hydrogen) atoms. The minimum atomic E-state index is -3.46. The van der Waals surface area contributed by atoms with Crippen LogP contribution >= 0.6 is 24.6 Å². The van der Waals surface area contributed by atoms with Crippen LogP contribution in [0.4, 0.5) is 0 Å². The summed E-state index contributed by atoms with van der Waals surface area (Å²) in [4.78, 5) is 3.35. The third-order valence-electron chi connectivity index (χ3n) is 5.22. The van der Waals surface area contributed by atoms with E-state index in [1.54, 1.807) is 0 Å². The van der Waals surface area contributed by atoms with Crippen LogP contribution in [-0.4, -0.2) is 0 Å². The van der Waals surface area contributed by atoms with E-state index in [9.17, 15) is 0 Å². The van der Waals surface area contributed by atoms with Gasteiger partial charge in [-0.15, -0.1) is 11.0 Å². The average Bonchev–Trinajstić information content (AvgIpc) is 2.83. The Balaban J connectivity index is 1.78. The van der Waals surface area contributed by atoms with Gasteiger partial charge in [0.2, 0.25) is 0 Å². The first kappa shape index (κ1) is 28.9. The van der Waals surface area contributed by atoms with Crippen molar-refractivity contribution in [2.45, 2.75) is 27.7 Å². The zero-order valence-electron chi connectivity index (χ0n) is 22.3. The molecule has 4 rings (SSSR count). The molecule has 0 unspecified atom stereocenters. The lowest BCUT2D eigenvalue weighted by molar-refractivity contribution is 0.441. The molecule has 8 nitrogen and oxygen atoms in total. The molecule has 4 aromatic carbocycles. The molecular weight excluding hydrogens is 549 g/mol. The lowest BCUT2D eigenvalue weighted by Gasteiger charge is -2.22. The second-order valence-electron chi connectivity index (χ2n) is 8.98. The summed E-state index contributed by atoms with van der Waals surface area (Å²) in [6, 6.07) is 30.6. The number of rotatable bonds is 11. The number of benzene rings is 4. The third kappa shape index (κ3) is 8.98. The summed E-state index contributed by atoms with van der Waals surface area (Å²) in [6.07, 6.45) is 0. The molecule has 0 saturated carbocycles. The second-order valence-corrected chi connectivity index (χ2v) is 13.5. The zero-order valence-corrected chi connectivity index (χ0v) is 25.0. The normalized spacial score (nSPS) is 11.2. The topological polar surface area (TPSA) is 113 Å². The Hall–Kier alpha value is -3.08. The summed E-state index contributed by atoms with van der Waals surface area (Å²) >= 11 is 0. The van der Waals surface area contributed by atoms with Gasteiger partial charge in [0.05, 0.1) is 0 Å². The Morgan fingerprint density at radius 2 is 0.974 bits per heavy atom. The van der Waals surface area contributed by atoms with Crippen molar-refractivity contribution < 1.29 is 18.1 Å². The van der Waals surface area contributed by atoms with E-state index in [-0.39, 0.29) is 0 Å². The highest BCUT2D eigenvalue weighted by molar-refractivity contribution is 7.75. The van der Waals surface area contributed by atoms with Gasteiger partial charge in [0, 0.05) is 0 Å². The average molecular weight is 583 g/mol. The smallest absolute Gasteiger partial charge is 0.425 e. The van der Waals surface area contributed by atoms with Crippen LogP contribution in [0.1, 0.15) is 22.3 Å². The van der Waals surface area contributed by atoms with E-state index in [0.717, 1.165) is 22.3 Å². The maximum Gasteiger partial charge on any atom is 0.623 e. The van der Waals surface area contributed by atoms with E-state index < -0.39 is 24.6 Å². The van der Waals surface area contributed by atoms with Crippen LogP contribution < -0.4 is 34.0 Å². The molecule has 0 spiro atoms. The van der Waals surface area contributed by atoms with E-state index in [1.807, 2.05) is 125 Å². The van der Waals surface area contributed by atoms with Crippen molar-refractivity contribution in [1.29, 1.82) is 0 Å². The molecule has 0 saturated heterocycles. The largest absolute Gasteiger partial charge is 0.623 e. The molecular formula is C28H33N4O4P3+2. The third-order valence-corrected chi connectivity index (χ3v) is 10.3. The van der Waals surface area contributed by atoms with Gasteiger partial charge >= 0.3 is 24.6 Å². The molecule has 0 amide bonds. The van der Waals surface area contributed by atoms with Gasteiger partial charge < -0.3 is 9.05 Å². The Morgan fingerprint density at radius 3 is 1.33 bits per heavy atom. The molecule has 0 heterocycles. The molecule has 0 aromatic heterocycles. The van der Waals surface area contributed by atoms with Gasteiger partial charge in [-0.3, -0.25) is 9.05 Å². The van der Waals surface area contributed by atoms with Crippen molar-refractivity contribution in [3.8, 4) is 23.0 Å². The molecule has 0 aliphatic carbocycles. The van der Waals surface area contributed by atoms with Gasteiger partial charge in [-0.1, -0.05) is 48.5 Å². The minimum Gasteiger partial charge on any atom is -0.425 e. The van der Waals surface area contributed by atoms with E-state index >= 15 is 0 Å². The maximum absolute atomic E-state index is 6.51. The van der Waals surface area contributed by atoms with E-state index in [0.29, 0.717) is 23.0 Å². The SMILES string of the molecule is Cc1cccc(OP(N[P+](N=[P+](N)N)(Oc2cccc(C)c2)Oc2cccc(C)c2)Oc2cccc(C)c2)c1. The van der Waals surface area contributed by atoms with Crippen LogP contribution in [0.25, 0.3) is 0 Å². The first-order valence-electron chi connectivity index (χ1n) is 12.2. The predicted molar refractivity (Wildman–Crippen MR) is 162 cm³/mol. The fraction of sp³-hybridized carbons (Fsp3) is 0.143. The molecule has 0 aliphatic rings. The van der Waals surface area contributed by atoms with Crippen LogP contribution in [0.3, 0.4) is 0 Å². The molecule has 202 valence electrons. The first-order valence-corrected chi connectivity index (χ1v) is 16.4. The number of nitrogens with zero attached hydrogens (tertiary/aromatic N) is 1. The number of aryl methyl sites for hydroxylation is 4. The summed E-state index contributed by atoms with van der Waals surface area (Å²) < 4.78 is 30.4. The standard InChI is InChI=1S/C28H33N4O4P3/c1-21-9-5-13-25(17-21)33-38(34-26-14-6-10-22(2)18-26)32-39(31-37(29)30,35-27-15-7-11-23(3)19-27)36-28-16-8-12-24(4)20-28/h5-20,32H,1-4H3,(H4,29,30,31)/q+2. The van der Waals surface area contributed by atoms with Crippen molar-refractivity contribution in [3.63, 3.8) is 0 Å². The molecule has 4 aromatic rings. The van der Waals surface area contributed by atoms with Crippen molar-refractivity contribution in [2.24, 2.45) is 15.5 Å². The Morgan fingerprint density at radius 1 is 0.615 bits per heavy atom. The minimum absolute atomic E-state index is 0.546. The monoisotopic (exact) mass is 582 g/mol. The van der Waals surface area contributed by atoms with Crippen molar-refractivity contribution in [3.05, 3.63) is 119 Å². The van der Waals surface area contributed by atoms with Crippen LogP contribution in [0.2, 0.25) is 0 Å². The van der Waals surface area contributed by atoms with Gasteiger partial charge in [0.1, 0.15) is 11.5 Å². The van der Waals surface area contributed by atoms with Gasteiger partial charge in [-0.2, -0.15) is 0 Å². The molecule has 0 bridgehead atoms. The van der Waals surface area contributed by atoms with Crippen LogP contribution in [0.15, 0.2) is 102 Å². The lowest BCUT2D eigenvalue weighted by atomic mass is 10.2. The highest BCUT2D eigenvalue weighted by atomic mass is 31.3. The fourth-order valence-corrected chi connectivity index (χ4v) is 8.44. The molecule has 0 radical (unpaired) electrons. The summed E-state index contributed by atoms with van der Waals surface area (Å²) in [5.74, 6) is 2.33. The maximum atomic E-state index is 6.51. The first-order chi connectivity index (χ1) is 18.7. The Bertz CT molecular complexity index is 1350. The highest BCUT2D eigenvalue weighted by Gasteiger charge is 2.57. The summed E-state index contributed by atoms with van der Waals surface area (Å²) in [5, 5.41) is 0. The molecule has 0 fully saturated rings. The summed E-state index contributed by atoms with van der Waals surface area (Å²) in [5.41, 5.74) is 16.3. The second kappa shape index (κ2) is 13.3. The Kier molecular flexibility index (Phi) is 9.88. The van der Waals surface area contributed by atoms with E-state index in [4.69, 9.17) is 29.1 Å². The van der Waals surface area contributed by atoms with Gasteiger partial charge in [0.15, 0.2) is 16.0 Å². The molecule has 0 atom stereocenters. The predicted octanol–water partition coefficient (Wildman–Crippen LogP) is 8.44. The fourth-order valence-electron chi connectivity index (χ4n) is 3.58. The number of nitrogens with two attached hydrogens (primary N) is 2. The summed E-state index contributed by atoms with van der Waals surface area (Å²) in [7, 11) is -7.16. The zero-order chi connectivity index (χ0) is 27.8. The quantitative estimate of drug-likeness (QED) is 0.152. The van der Waals surface area contributed by atoms with Gasteiger partial charge in [0.25, 0.3) is 0 Å². The van der Waals surface area contributed by atoms with Gasteiger partial charge in [-0.25, -0.2) is 0 Å². The summed E-state index contributed by atoms with van der Waals surface area (Å²) in [6.45, 7) is 7.95. The molecule has 5 N–H and O–H groups in total. The number of hydrogen-bond donors (Lipinski definition) is 3. The van der Waals surface area contributed by atoms with Crippen LogP contribution in [-0.2, 0) is 0 Å². The highest BCUT2D eigenvalue weighted by Crippen LogP contribution is 2.65. The van der Waals surface area contributed by atoms with E-state index in [1.165, 1.54) is 0 Å². The number of nitrogens with one attached hydrogen (secondary N) is 1. The Labute approximate surface area is 232 Å². The van der Waals surface area contributed by atoms with Crippen LogP contribution in [0.5, 0.6) is 23.0 Å². The molecule has 11 heteroatoms. The van der Waals surface area contributed by atoms with E-state index in [2.05, 4.69) is 9.37 Å². The molecule has 0 aliphatic heterocycles. The number of hydrogen-bond acceptors (Lipinski definition) is 6. The van der Waals surface area contributed by atoms with Crippen molar-refractivity contribution in [1.82, 2.24) is 4.86 Å². The van der Waals surface area contributed by atoms with Crippen molar-refractivity contribution >= 4 is 24.6 Å². The van der Waals surface area contributed by atoms with Crippen molar-refractivity contribution in [2.75, 3.05) is 0 Å².